The lowest BCUT2D eigenvalue weighted by molar-refractivity contribution is 0.337. The highest BCUT2D eigenvalue weighted by Crippen LogP contribution is 2.28. The molecule has 0 aliphatic carbocycles. The second kappa shape index (κ2) is 7.67. The highest BCUT2D eigenvalue weighted by atomic mass is 32.2. The van der Waals surface area contributed by atoms with Crippen LogP contribution in [-0.4, -0.2) is 37.0 Å². The Bertz CT molecular complexity index is 982. The van der Waals surface area contributed by atoms with Crippen molar-refractivity contribution in [1.29, 1.82) is 0 Å². The minimum Gasteiger partial charge on any atom is -0.492 e. The molecule has 0 aliphatic heterocycles. The molecule has 0 saturated heterocycles. The fraction of sp³-hybridized carbons (Fsp3) is 0.188. The van der Waals surface area contributed by atoms with Crippen LogP contribution >= 0.6 is 23.1 Å². The van der Waals surface area contributed by atoms with Crippen molar-refractivity contribution in [2.75, 3.05) is 6.61 Å². The molecule has 132 valence electrons. The molecule has 0 amide bonds. The summed E-state index contributed by atoms with van der Waals surface area (Å²) in [6.07, 6.45) is 0. The van der Waals surface area contributed by atoms with E-state index in [4.69, 9.17) is 9.26 Å². The van der Waals surface area contributed by atoms with Gasteiger partial charge >= 0.3 is 0 Å². The Morgan fingerprint density at radius 3 is 3.04 bits per heavy atom. The smallest absolute Gasteiger partial charge is 0.258 e. The number of hydrogen-bond donors (Lipinski definition) is 0. The third-order valence-electron chi connectivity index (χ3n) is 3.40. The van der Waals surface area contributed by atoms with Gasteiger partial charge in [0, 0.05) is 5.38 Å². The molecule has 0 spiro atoms. The maximum atomic E-state index is 5.66. The number of tetrazole rings is 1. The van der Waals surface area contributed by atoms with Crippen LogP contribution < -0.4 is 4.74 Å². The zero-order valence-electron chi connectivity index (χ0n) is 13.8. The molecule has 8 nitrogen and oxygen atoms in total. The van der Waals surface area contributed by atoms with Crippen molar-refractivity contribution in [2.45, 2.75) is 17.8 Å². The number of thiophene rings is 1. The highest BCUT2D eigenvalue weighted by molar-refractivity contribution is 7.98. The molecule has 0 N–H and O–H groups in total. The molecule has 0 aliphatic rings. The number of hydrogen-bond acceptors (Lipinski definition) is 9. The minimum absolute atomic E-state index is 0.491. The van der Waals surface area contributed by atoms with Crippen molar-refractivity contribution in [1.82, 2.24) is 30.3 Å². The lowest BCUT2D eigenvalue weighted by Gasteiger charge is -2.10. The number of benzene rings is 1. The average Bonchev–Trinajstić information content (AvgIpc) is 3.41. The first-order valence-electron chi connectivity index (χ1n) is 7.83. The average molecular weight is 386 g/mol. The summed E-state index contributed by atoms with van der Waals surface area (Å²) < 4.78 is 12.6. The molecule has 3 heterocycles. The zero-order valence-corrected chi connectivity index (χ0v) is 15.4. The van der Waals surface area contributed by atoms with Crippen LogP contribution in [0.25, 0.3) is 17.1 Å². The molecule has 10 heteroatoms. The number of thioether (sulfide) groups is 1. The molecule has 0 radical (unpaired) electrons. The van der Waals surface area contributed by atoms with Crippen molar-refractivity contribution in [3.8, 4) is 22.9 Å². The van der Waals surface area contributed by atoms with Crippen molar-refractivity contribution < 1.29 is 9.26 Å². The largest absolute Gasteiger partial charge is 0.492 e. The van der Waals surface area contributed by atoms with Gasteiger partial charge in [-0.2, -0.15) is 21.0 Å². The van der Waals surface area contributed by atoms with E-state index in [1.165, 1.54) is 11.8 Å². The lowest BCUT2D eigenvalue weighted by atomic mass is 10.3. The first kappa shape index (κ1) is 16.7. The third-order valence-corrected chi connectivity index (χ3v) is 5.00. The molecule has 1 aromatic carbocycles. The Kier molecular flexibility index (Phi) is 4.93. The monoisotopic (exact) mass is 386 g/mol. The van der Waals surface area contributed by atoms with Gasteiger partial charge in [-0.25, -0.2) is 0 Å². The topological polar surface area (TPSA) is 91.8 Å². The van der Waals surface area contributed by atoms with Gasteiger partial charge in [-0.3, -0.25) is 0 Å². The summed E-state index contributed by atoms with van der Waals surface area (Å²) in [4.78, 5) is 4.41. The van der Waals surface area contributed by atoms with E-state index in [2.05, 4.69) is 25.7 Å². The number of ether oxygens (including phenoxy) is 1. The van der Waals surface area contributed by atoms with Gasteiger partial charge in [0.05, 0.1) is 17.9 Å². The number of nitrogens with zero attached hydrogens (tertiary/aromatic N) is 6. The molecule has 0 bridgehead atoms. The molecule has 3 aromatic heterocycles. The van der Waals surface area contributed by atoms with Crippen LogP contribution in [0.5, 0.6) is 5.75 Å². The van der Waals surface area contributed by atoms with Gasteiger partial charge in [-0.15, -0.1) is 5.10 Å². The molecular formula is C16H14N6O2S2. The van der Waals surface area contributed by atoms with Crippen LogP contribution in [0, 0.1) is 0 Å². The van der Waals surface area contributed by atoms with Gasteiger partial charge in [-0.05, 0) is 40.9 Å². The Labute approximate surface area is 157 Å². The second-order valence-electron chi connectivity index (χ2n) is 5.09. The van der Waals surface area contributed by atoms with E-state index >= 15 is 0 Å². The maximum Gasteiger partial charge on any atom is 0.258 e. The van der Waals surface area contributed by atoms with E-state index in [1.54, 1.807) is 16.0 Å². The molecule has 4 rings (SSSR count). The van der Waals surface area contributed by atoms with E-state index in [0.29, 0.717) is 29.2 Å². The van der Waals surface area contributed by atoms with Crippen molar-refractivity contribution in [3.63, 3.8) is 0 Å². The summed E-state index contributed by atoms with van der Waals surface area (Å²) in [6, 6.07) is 9.58. The summed E-state index contributed by atoms with van der Waals surface area (Å²) in [6.45, 7) is 2.50. The summed E-state index contributed by atoms with van der Waals surface area (Å²) >= 11 is 3.01. The Morgan fingerprint density at radius 1 is 1.27 bits per heavy atom. The van der Waals surface area contributed by atoms with Gasteiger partial charge in [-0.1, -0.05) is 29.1 Å². The number of para-hydroxylation sites is 2. The van der Waals surface area contributed by atoms with Crippen LogP contribution in [0.4, 0.5) is 0 Å². The lowest BCUT2D eigenvalue weighted by Crippen LogP contribution is -2.03. The first-order chi connectivity index (χ1) is 12.8. The fourth-order valence-electron chi connectivity index (χ4n) is 2.27. The van der Waals surface area contributed by atoms with E-state index in [9.17, 15) is 0 Å². The maximum absolute atomic E-state index is 5.66. The first-order valence-corrected chi connectivity index (χ1v) is 9.76. The van der Waals surface area contributed by atoms with Gasteiger partial charge in [0.15, 0.2) is 5.82 Å². The predicted octanol–water partition coefficient (Wildman–Crippen LogP) is 3.46. The van der Waals surface area contributed by atoms with Crippen LogP contribution in [0.3, 0.4) is 0 Å². The molecule has 0 atom stereocenters. The van der Waals surface area contributed by atoms with Gasteiger partial charge in [0.25, 0.3) is 5.89 Å². The van der Waals surface area contributed by atoms with E-state index in [0.717, 1.165) is 17.0 Å². The summed E-state index contributed by atoms with van der Waals surface area (Å²) in [5.41, 5.74) is 1.71. The Balaban J connectivity index is 1.52. The Morgan fingerprint density at radius 2 is 2.19 bits per heavy atom. The van der Waals surface area contributed by atoms with E-state index in [1.807, 2.05) is 48.0 Å². The summed E-state index contributed by atoms with van der Waals surface area (Å²) in [5.74, 6) is 2.32. The van der Waals surface area contributed by atoms with E-state index in [-0.39, 0.29) is 0 Å². The van der Waals surface area contributed by atoms with Crippen LogP contribution in [0.15, 0.2) is 50.8 Å². The Hall–Kier alpha value is -2.72. The number of rotatable bonds is 7. The van der Waals surface area contributed by atoms with E-state index < -0.39 is 0 Å². The van der Waals surface area contributed by atoms with Gasteiger partial charge in [0.1, 0.15) is 11.4 Å². The van der Waals surface area contributed by atoms with Crippen molar-refractivity contribution in [2.24, 2.45) is 0 Å². The van der Waals surface area contributed by atoms with Crippen molar-refractivity contribution in [3.05, 3.63) is 46.9 Å². The zero-order chi connectivity index (χ0) is 17.8. The number of aromatic nitrogens is 6. The molecule has 0 unspecified atom stereocenters. The molecule has 4 aromatic rings. The standard InChI is InChI=1S/C16H14N6O2S2/c1-2-23-13-6-4-3-5-12(13)22-16(18-20-21-22)26-10-14-17-15(24-19-14)11-7-8-25-9-11/h3-9H,2,10H2,1H3. The van der Waals surface area contributed by atoms with Crippen LogP contribution in [-0.2, 0) is 5.75 Å². The van der Waals surface area contributed by atoms with Crippen LogP contribution in [0.1, 0.15) is 12.7 Å². The summed E-state index contributed by atoms with van der Waals surface area (Å²) in [7, 11) is 0. The molecule has 26 heavy (non-hydrogen) atoms. The summed E-state index contributed by atoms with van der Waals surface area (Å²) in [5, 5.41) is 20.5. The predicted molar refractivity (Wildman–Crippen MR) is 97.5 cm³/mol. The fourth-order valence-corrected chi connectivity index (χ4v) is 3.63. The van der Waals surface area contributed by atoms with Crippen LogP contribution in [0.2, 0.25) is 0 Å². The van der Waals surface area contributed by atoms with Gasteiger partial charge < -0.3 is 9.26 Å². The van der Waals surface area contributed by atoms with Gasteiger partial charge in [0.2, 0.25) is 5.16 Å². The third kappa shape index (κ3) is 3.46. The van der Waals surface area contributed by atoms with Crippen molar-refractivity contribution >= 4 is 23.1 Å². The highest BCUT2D eigenvalue weighted by Gasteiger charge is 2.15. The molecule has 0 saturated carbocycles. The normalized spacial score (nSPS) is 11.0. The quantitative estimate of drug-likeness (QED) is 0.446. The SMILES string of the molecule is CCOc1ccccc1-n1nnnc1SCc1noc(-c2ccsc2)n1. The minimum atomic E-state index is 0.491. The second-order valence-corrected chi connectivity index (χ2v) is 6.81. The molecule has 0 fully saturated rings. The molecular weight excluding hydrogens is 372 g/mol.